The topological polar surface area (TPSA) is 219 Å². The van der Waals surface area contributed by atoms with Crippen LogP contribution in [0.25, 0.3) is 0 Å². The van der Waals surface area contributed by atoms with E-state index in [1.54, 1.807) is 0 Å². The average molecular weight is 653 g/mol. The van der Waals surface area contributed by atoms with Crippen LogP contribution in [-0.4, -0.2) is 71.5 Å². The van der Waals surface area contributed by atoms with Gasteiger partial charge in [0.05, 0.1) is 40.7 Å². The molecular formula is C20H22KN4NaO11S3+2. The Morgan fingerprint density at radius 1 is 1.02 bits per heavy atom. The van der Waals surface area contributed by atoms with Crippen molar-refractivity contribution >= 4 is 53.3 Å². The molecule has 0 spiro atoms. The number of methoxy groups -OCH3 is 1. The van der Waals surface area contributed by atoms with Gasteiger partial charge in [-0.1, -0.05) is 0 Å². The van der Waals surface area contributed by atoms with Gasteiger partial charge in [0.15, 0.2) is 15.9 Å². The zero-order chi connectivity index (χ0) is 28.5. The Hall–Kier alpha value is -0.654. The van der Waals surface area contributed by atoms with E-state index in [0.29, 0.717) is 0 Å². The quantitative estimate of drug-likeness (QED) is 0.142. The molecule has 1 amide bonds. The summed E-state index contributed by atoms with van der Waals surface area (Å²) in [7, 11) is -12.0. The van der Waals surface area contributed by atoms with Crippen LogP contribution in [0.1, 0.15) is 12.5 Å². The Kier molecular flexibility index (Phi) is 13.7. The smallest absolute Gasteiger partial charge is 0.494 e. The molecule has 3 rings (SSSR count). The molecule has 0 fully saturated rings. The fourth-order valence-corrected chi connectivity index (χ4v) is 5.58. The van der Waals surface area contributed by atoms with Crippen molar-refractivity contribution in [1.29, 1.82) is 0 Å². The van der Waals surface area contributed by atoms with Gasteiger partial charge in [0, 0.05) is 6.07 Å². The number of rotatable bonds is 10. The minimum absolute atomic E-state index is 0. The molecule has 0 aromatic heterocycles. The van der Waals surface area contributed by atoms with Crippen LogP contribution in [0.3, 0.4) is 0 Å². The van der Waals surface area contributed by atoms with E-state index in [-0.39, 0.29) is 119 Å². The van der Waals surface area contributed by atoms with E-state index in [2.05, 4.69) is 19.5 Å². The number of nitrogens with zero attached hydrogens (tertiary/aromatic N) is 4. The number of carbonyl (C=O) groups excluding carboxylic acids is 1. The van der Waals surface area contributed by atoms with Crippen LogP contribution < -0.4 is 90.7 Å². The van der Waals surface area contributed by atoms with Crippen molar-refractivity contribution in [3.05, 3.63) is 42.0 Å². The Morgan fingerprint density at radius 2 is 1.62 bits per heavy atom. The number of amides is 1. The summed E-state index contributed by atoms with van der Waals surface area (Å²) in [4.78, 5) is 12.4. The van der Waals surface area contributed by atoms with Crippen LogP contribution in [-0.2, 0) is 39.3 Å². The first-order valence-electron chi connectivity index (χ1n) is 10.4. The van der Waals surface area contributed by atoms with Crippen molar-refractivity contribution in [2.24, 2.45) is 15.3 Å². The number of benzene rings is 2. The monoisotopic (exact) mass is 652 g/mol. The summed E-state index contributed by atoms with van der Waals surface area (Å²) in [5.74, 6) is -1.35. The summed E-state index contributed by atoms with van der Waals surface area (Å²) in [6.07, 6.45) is 0. The maximum Gasteiger partial charge on any atom is 1.00 e. The molecule has 1 atom stereocenters. The Bertz CT molecular complexity index is 1650. The zero-order valence-corrected chi connectivity index (χ0v) is 29.6. The first-order valence-corrected chi connectivity index (χ1v) is 14.9. The van der Waals surface area contributed by atoms with Crippen molar-refractivity contribution in [1.82, 2.24) is 0 Å². The SMILES string of the molecule is COc1cc(S(=O)(=O)CCOS(=O)(=O)O)c(C)cc1N=NC1C(=O)N(c2ccc(S(=O)(=O)O)cc2)N=C1C.[K+].[Na+]. The van der Waals surface area contributed by atoms with Crippen LogP contribution in [0, 0.1) is 6.92 Å². The van der Waals surface area contributed by atoms with Crippen LogP contribution >= 0.6 is 0 Å². The summed E-state index contributed by atoms with van der Waals surface area (Å²) >= 11 is 0. The second-order valence-corrected chi connectivity index (χ2v) is 12.4. The van der Waals surface area contributed by atoms with Crippen molar-refractivity contribution < 1.29 is 129 Å². The average Bonchev–Trinajstić information content (AvgIpc) is 3.09. The molecule has 15 nitrogen and oxygen atoms in total. The molecule has 2 aromatic rings. The van der Waals surface area contributed by atoms with E-state index >= 15 is 0 Å². The van der Waals surface area contributed by atoms with Gasteiger partial charge in [0.1, 0.15) is 11.4 Å². The summed E-state index contributed by atoms with van der Waals surface area (Å²) in [5, 5.41) is 13.2. The maximum absolute atomic E-state index is 12.9. The molecule has 0 radical (unpaired) electrons. The number of hydrazone groups is 1. The number of hydrogen-bond acceptors (Lipinski definition) is 12. The molecule has 1 heterocycles. The number of aryl methyl sites for hydroxylation is 1. The molecule has 0 saturated carbocycles. The number of azo groups is 1. The van der Waals surface area contributed by atoms with Crippen molar-refractivity contribution in [2.75, 3.05) is 24.5 Å². The molecule has 206 valence electrons. The predicted molar refractivity (Wildman–Crippen MR) is 132 cm³/mol. The van der Waals surface area contributed by atoms with E-state index in [9.17, 15) is 30.0 Å². The van der Waals surface area contributed by atoms with Gasteiger partial charge in [-0.3, -0.25) is 13.9 Å². The molecule has 0 bridgehead atoms. The number of sulfone groups is 1. The number of ether oxygens (including phenoxy) is 1. The Balaban J connectivity index is 0.00000400. The van der Waals surface area contributed by atoms with Gasteiger partial charge in [-0.25, -0.2) is 12.6 Å². The fourth-order valence-electron chi connectivity index (χ4n) is 3.34. The van der Waals surface area contributed by atoms with Gasteiger partial charge in [-0.15, -0.1) is 0 Å². The number of anilines is 1. The summed E-state index contributed by atoms with van der Waals surface area (Å²) in [6.45, 7) is 2.18. The van der Waals surface area contributed by atoms with Crippen LogP contribution in [0.15, 0.2) is 61.5 Å². The fraction of sp³-hybridized carbons (Fsp3) is 0.300. The van der Waals surface area contributed by atoms with Gasteiger partial charge in [-0.2, -0.15) is 37.2 Å². The Labute approximate surface area is 295 Å². The molecule has 1 aliphatic heterocycles. The second kappa shape index (κ2) is 14.7. The third-order valence-electron chi connectivity index (χ3n) is 5.15. The van der Waals surface area contributed by atoms with Crippen molar-refractivity contribution in [3.63, 3.8) is 0 Å². The molecule has 1 aliphatic rings. The summed E-state index contributed by atoms with van der Waals surface area (Å²) in [5.41, 5.74) is 0.803. The van der Waals surface area contributed by atoms with Gasteiger partial charge in [0.2, 0.25) is 0 Å². The standard InChI is InChI=1S/C20H22N4O11S3.K.Na/c1-12-10-16(17(34-3)11-18(12)36(26,27)9-8-35-38(31,32)33)21-22-19-13(2)23-24(20(19)25)14-4-6-15(7-5-14)37(28,29)30;;/h4-7,10-11,19H,8-9H2,1-3H3,(H,28,29,30)(H,31,32,33);;/q;2*+1. The summed E-state index contributed by atoms with van der Waals surface area (Å²) < 4.78 is 96.1. The first kappa shape index (κ1) is 37.4. The largest absolute Gasteiger partial charge is 1.00 e. The van der Waals surface area contributed by atoms with E-state index < -0.39 is 54.7 Å². The third-order valence-corrected chi connectivity index (χ3v) is 8.30. The molecule has 0 aliphatic carbocycles. The molecule has 0 saturated heterocycles. The Morgan fingerprint density at radius 3 is 2.15 bits per heavy atom. The first-order chi connectivity index (χ1) is 17.5. The van der Waals surface area contributed by atoms with Gasteiger partial charge < -0.3 is 4.74 Å². The number of hydrogen-bond donors (Lipinski definition) is 2. The second-order valence-electron chi connectivity index (χ2n) is 7.84. The zero-order valence-electron chi connectivity index (χ0n) is 22.0. The normalized spacial score (nSPS) is 15.9. The van der Waals surface area contributed by atoms with Crippen LogP contribution in [0.4, 0.5) is 11.4 Å². The minimum atomic E-state index is -4.80. The van der Waals surface area contributed by atoms with Crippen molar-refractivity contribution in [3.8, 4) is 5.75 Å². The van der Waals surface area contributed by atoms with E-state index in [1.165, 1.54) is 39.2 Å². The minimum Gasteiger partial charge on any atom is -0.494 e. The molecule has 1 unspecified atom stereocenters. The molecule has 2 N–H and O–H groups in total. The summed E-state index contributed by atoms with van der Waals surface area (Å²) in [6, 6.07) is 6.14. The molecule has 20 heteroatoms. The van der Waals surface area contributed by atoms with Crippen molar-refractivity contribution in [2.45, 2.75) is 29.7 Å². The molecule has 2 aromatic carbocycles. The van der Waals surface area contributed by atoms with E-state index in [1.807, 2.05) is 0 Å². The third kappa shape index (κ3) is 9.43. The number of carbonyl (C=O) groups is 1. The van der Waals surface area contributed by atoms with Crippen LogP contribution in [0.5, 0.6) is 5.75 Å². The van der Waals surface area contributed by atoms with Crippen LogP contribution in [0.2, 0.25) is 0 Å². The predicted octanol–water partition coefficient (Wildman–Crippen LogP) is -4.27. The maximum atomic E-state index is 12.9. The molecular weight excluding hydrogens is 631 g/mol. The van der Waals surface area contributed by atoms with E-state index in [4.69, 9.17) is 13.8 Å². The van der Waals surface area contributed by atoms with Gasteiger partial charge in [0.25, 0.3) is 16.0 Å². The molecule has 40 heavy (non-hydrogen) atoms. The van der Waals surface area contributed by atoms with E-state index in [0.717, 1.165) is 23.2 Å². The van der Waals surface area contributed by atoms with Gasteiger partial charge in [-0.05, 0) is 49.7 Å². The van der Waals surface area contributed by atoms with Gasteiger partial charge >= 0.3 is 91.3 Å².